The molecule has 0 saturated carbocycles. The second kappa shape index (κ2) is 10.8. The van der Waals surface area contributed by atoms with Crippen LogP contribution in [0.25, 0.3) is 11.0 Å². The van der Waals surface area contributed by atoms with Crippen molar-refractivity contribution in [1.29, 1.82) is 0 Å². The Labute approximate surface area is 219 Å². The van der Waals surface area contributed by atoms with Gasteiger partial charge in [0.2, 0.25) is 5.78 Å². The first kappa shape index (κ1) is 25.6. The summed E-state index contributed by atoms with van der Waals surface area (Å²) >= 11 is 0. The number of hydrogen-bond donors (Lipinski definition) is 1. The number of hydrogen-bond acceptors (Lipinski definition) is 9. The lowest BCUT2D eigenvalue weighted by atomic mass is 9.94. The second-order valence-electron chi connectivity index (χ2n) is 9.04. The monoisotopic (exact) mass is 522 g/mol. The van der Waals surface area contributed by atoms with Gasteiger partial charge < -0.3 is 33.4 Å². The first-order valence-electron chi connectivity index (χ1n) is 12.3. The molecule has 3 aromatic rings. The zero-order valence-corrected chi connectivity index (χ0v) is 21.6. The van der Waals surface area contributed by atoms with E-state index in [1.54, 1.807) is 42.5 Å². The molecule has 38 heavy (non-hydrogen) atoms. The van der Waals surface area contributed by atoms with Gasteiger partial charge in [0.25, 0.3) is 5.91 Å². The molecule has 10 heteroatoms. The van der Waals surface area contributed by atoms with Crippen LogP contribution in [0.5, 0.6) is 17.2 Å². The van der Waals surface area contributed by atoms with Crippen LogP contribution in [0.4, 0.5) is 0 Å². The lowest BCUT2D eigenvalue weighted by molar-refractivity contribution is -0.129. The number of ether oxygens (including phenoxy) is 4. The standard InChI is InChI=1S/C28H30N2O8/c1-34-18-7-8-20(35-2)19(16-18)24-23(25(31)22-15-17-5-4-6-21(36-3)27(17)38-22)26(32)28(33)30(24)10-9-29-11-13-37-14-12-29/h4-8,15-16,24,32H,9-14H2,1-3H3/t24-/m0/s1. The Morgan fingerprint density at radius 3 is 2.47 bits per heavy atom. The van der Waals surface area contributed by atoms with Crippen LogP contribution < -0.4 is 14.2 Å². The van der Waals surface area contributed by atoms with E-state index in [1.165, 1.54) is 26.2 Å². The minimum Gasteiger partial charge on any atom is -0.503 e. The molecule has 1 N–H and O–H groups in total. The highest BCUT2D eigenvalue weighted by Crippen LogP contribution is 2.44. The maximum atomic E-state index is 13.9. The first-order chi connectivity index (χ1) is 18.5. The number of ketones is 1. The average molecular weight is 523 g/mol. The lowest BCUT2D eigenvalue weighted by Gasteiger charge is -2.32. The van der Waals surface area contributed by atoms with E-state index in [1.807, 2.05) is 0 Å². The minimum atomic E-state index is -0.920. The predicted octanol–water partition coefficient (Wildman–Crippen LogP) is 3.37. The number of amides is 1. The van der Waals surface area contributed by atoms with E-state index in [2.05, 4.69) is 4.90 Å². The highest BCUT2D eigenvalue weighted by Gasteiger charge is 2.45. The number of aliphatic hydroxyl groups excluding tert-OH is 1. The maximum Gasteiger partial charge on any atom is 0.290 e. The fourth-order valence-corrected chi connectivity index (χ4v) is 5.01. The number of benzene rings is 2. The Bertz CT molecular complexity index is 1390. The smallest absolute Gasteiger partial charge is 0.290 e. The molecule has 1 atom stereocenters. The van der Waals surface area contributed by atoms with E-state index in [-0.39, 0.29) is 17.9 Å². The summed E-state index contributed by atoms with van der Waals surface area (Å²) in [5, 5.41) is 11.8. The molecular formula is C28H30N2O8. The fraction of sp³-hybridized carbons (Fsp3) is 0.357. The van der Waals surface area contributed by atoms with Crippen LogP contribution in [0, 0.1) is 0 Å². The van der Waals surface area contributed by atoms with Gasteiger partial charge in [0, 0.05) is 37.1 Å². The summed E-state index contributed by atoms with van der Waals surface area (Å²) in [6, 6.07) is 11.1. The van der Waals surface area contributed by atoms with Gasteiger partial charge in [-0.1, -0.05) is 12.1 Å². The minimum absolute atomic E-state index is 0.0132. The van der Waals surface area contributed by atoms with E-state index in [0.717, 1.165) is 13.1 Å². The molecule has 2 aliphatic rings. The van der Waals surface area contributed by atoms with E-state index >= 15 is 0 Å². The molecule has 0 spiro atoms. The van der Waals surface area contributed by atoms with Crippen molar-refractivity contribution in [3.63, 3.8) is 0 Å². The number of carbonyl (C=O) groups is 2. The van der Waals surface area contributed by atoms with Crippen LogP contribution in [0.2, 0.25) is 0 Å². The van der Waals surface area contributed by atoms with Gasteiger partial charge in [-0.2, -0.15) is 0 Å². The Hall–Kier alpha value is -4.02. The Balaban J connectivity index is 1.58. The van der Waals surface area contributed by atoms with Crippen molar-refractivity contribution in [3.05, 3.63) is 65.1 Å². The summed E-state index contributed by atoms with van der Waals surface area (Å²) in [6.07, 6.45) is 0. The molecule has 2 aromatic carbocycles. The number of carbonyl (C=O) groups excluding carboxylic acids is 2. The average Bonchev–Trinajstić information content (AvgIpc) is 3.50. The molecule has 0 aliphatic carbocycles. The van der Waals surface area contributed by atoms with Crippen molar-refractivity contribution in [2.24, 2.45) is 0 Å². The zero-order chi connectivity index (χ0) is 26.8. The van der Waals surface area contributed by atoms with Crippen molar-refractivity contribution in [2.45, 2.75) is 6.04 Å². The fourth-order valence-electron chi connectivity index (χ4n) is 5.01. The van der Waals surface area contributed by atoms with Gasteiger partial charge in [-0.05, 0) is 30.3 Å². The highest BCUT2D eigenvalue weighted by molar-refractivity contribution is 6.16. The van der Waals surface area contributed by atoms with Crippen molar-refractivity contribution < 1.29 is 38.1 Å². The number of furan rings is 1. The first-order valence-corrected chi connectivity index (χ1v) is 12.3. The van der Waals surface area contributed by atoms with Crippen LogP contribution in [0.1, 0.15) is 22.2 Å². The summed E-state index contributed by atoms with van der Waals surface area (Å²) in [7, 11) is 4.56. The molecule has 0 unspecified atom stereocenters. The topological polar surface area (TPSA) is 111 Å². The third kappa shape index (κ3) is 4.57. The van der Waals surface area contributed by atoms with Crippen LogP contribution in [0.15, 0.2) is 58.2 Å². The normalized spacial score (nSPS) is 18.3. The molecular weight excluding hydrogens is 492 g/mol. The van der Waals surface area contributed by atoms with Crippen molar-refractivity contribution in [3.8, 4) is 17.2 Å². The van der Waals surface area contributed by atoms with Crippen molar-refractivity contribution in [2.75, 3.05) is 60.7 Å². The third-order valence-electron chi connectivity index (χ3n) is 6.99. The Morgan fingerprint density at radius 2 is 1.76 bits per heavy atom. The number of fused-ring (bicyclic) bond motifs is 1. The third-order valence-corrected chi connectivity index (χ3v) is 6.99. The summed E-state index contributed by atoms with van der Waals surface area (Å²) in [6.45, 7) is 3.53. The molecule has 5 rings (SSSR count). The Morgan fingerprint density at radius 1 is 1.00 bits per heavy atom. The number of morpholine rings is 1. The van der Waals surface area contributed by atoms with Crippen LogP contribution in [-0.2, 0) is 9.53 Å². The molecule has 3 heterocycles. The van der Waals surface area contributed by atoms with Crippen LogP contribution in [0.3, 0.4) is 0 Å². The molecule has 1 amide bonds. The number of aliphatic hydroxyl groups is 1. The molecule has 1 saturated heterocycles. The van der Waals surface area contributed by atoms with Crippen LogP contribution in [-0.4, -0.2) is 87.3 Å². The summed E-state index contributed by atoms with van der Waals surface area (Å²) in [5.41, 5.74) is 0.840. The van der Waals surface area contributed by atoms with Crippen molar-refractivity contribution >= 4 is 22.7 Å². The van der Waals surface area contributed by atoms with Gasteiger partial charge >= 0.3 is 0 Å². The number of methoxy groups -OCH3 is 3. The van der Waals surface area contributed by atoms with Crippen molar-refractivity contribution in [1.82, 2.24) is 9.80 Å². The van der Waals surface area contributed by atoms with Gasteiger partial charge in [-0.25, -0.2) is 0 Å². The quantitative estimate of drug-likeness (QED) is 0.423. The summed E-state index contributed by atoms with van der Waals surface area (Å²) in [4.78, 5) is 31.0. The second-order valence-corrected chi connectivity index (χ2v) is 9.04. The number of rotatable bonds is 9. The lowest BCUT2D eigenvalue weighted by Crippen LogP contribution is -2.43. The molecule has 200 valence electrons. The molecule has 0 bridgehead atoms. The molecule has 1 aromatic heterocycles. The molecule has 2 aliphatic heterocycles. The predicted molar refractivity (Wildman–Crippen MR) is 138 cm³/mol. The van der Waals surface area contributed by atoms with Crippen LogP contribution >= 0.6 is 0 Å². The summed E-state index contributed by atoms with van der Waals surface area (Å²) in [5.74, 6) is -0.414. The van der Waals surface area contributed by atoms with E-state index in [9.17, 15) is 14.7 Å². The zero-order valence-electron chi connectivity index (χ0n) is 21.6. The van der Waals surface area contributed by atoms with Gasteiger partial charge in [0.1, 0.15) is 11.5 Å². The number of nitrogens with zero attached hydrogens (tertiary/aromatic N) is 2. The maximum absolute atomic E-state index is 13.9. The molecule has 1 fully saturated rings. The largest absolute Gasteiger partial charge is 0.503 e. The SMILES string of the molecule is COc1ccc(OC)c([C@H]2C(C(=O)c3cc4cccc(OC)c4o3)=C(O)C(=O)N2CCN2CCOCC2)c1. The number of para-hydroxylation sites is 1. The Kier molecular flexibility index (Phi) is 7.26. The van der Waals surface area contributed by atoms with Gasteiger partial charge in [0.15, 0.2) is 22.9 Å². The van der Waals surface area contributed by atoms with Gasteiger partial charge in [-0.3, -0.25) is 14.5 Å². The van der Waals surface area contributed by atoms with E-state index in [0.29, 0.717) is 53.5 Å². The van der Waals surface area contributed by atoms with Gasteiger partial charge in [-0.15, -0.1) is 0 Å². The number of Topliss-reactive ketones (excluding diaryl/α,β-unsaturated/α-hetero) is 1. The summed E-state index contributed by atoms with van der Waals surface area (Å²) < 4.78 is 27.7. The van der Waals surface area contributed by atoms with Gasteiger partial charge in [0.05, 0.1) is 46.2 Å². The molecule has 10 nitrogen and oxygen atoms in total. The highest BCUT2D eigenvalue weighted by atomic mass is 16.5. The molecule has 0 radical (unpaired) electrons. The van der Waals surface area contributed by atoms with E-state index < -0.39 is 23.5 Å². The van der Waals surface area contributed by atoms with E-state index in [4.69, 9.17) is 23.4 Å².